The Bertz CT molecular complexity index is 464. The van der Waals surface area contributed by atoms with Crippen molar-refractivity contribution in [2.24, 2.45) is 0 Å². The van der Waals surface area contributed by atoms with Gasteiger partial charge in [0.15, 0.2) is 0 Å². The first-order valence-electron chi connectivity index (χ1n) is 6.93. The van der Waals surface area contributed by atoms with Crippen LogP contribution in [0, 0.1) is 0 Å². The van der Waals surface area contributed by atoms with Crippen LogP contribution in [0.15, 0.2) is 29.2 Å². The van der Waals surface area contributed by atoms with Gasteiger partial charge in [0.2, 0.25) is 5.91 Å². The maximum absolute atomic E-state index is 11.7. The van der Waals surface area contributed by atoms with Crippen LogP contribution in [0.5, 0.6) is 0 Å². The molecule has 0 unspecified atom stereocenters. The second-order valence-corrected chi connectivity index (χ2v) is 6.26. The molecule has 1 amide bonds. The minimum absolute atomic E-state index is 0.201. The fourth-order valence-corrected chi connectivity index (χ4v) is 2.75. The number of carbonyl (C=O) groups is 2. The van der Waals surface area contributed by atoms with Crippen LogP contribution >= 0.6 is 23.4 Å². The van der Waals surface area contributed by atoms with Crippen molar-refractivity contribution in [3.63, 3.8) is 0 Å². The molecule has 6 heteroatoms. The van der Waals surface area contributed by atoms with E-state index in [9.17, 15) is 9.59 Å². The summed E-state index contributed by atoms with van der Waals surface area (Å²) in [5, 5.41) is 12.2. The highest BCUT2D eigenvalue weighted by molar-refractivity contribution is 7.99. The molecule has 1 aromatic rings. The lowest BCUT2D eigenvalue weighted by atomic mass is 10.1. The molecule has 0 aliphatic rings. The molecule has 0 aliphatic carbocycles. The predicted molar refractivity (Wildman–Crippen MR) is 85.9 cm³/mol. The monoisotopic (exact) mass is 329 g/mol. The fourth-order valence-electron chi connectivity index (χ4n) is 1.77. The topological polar surface area (TPSA) is 66.4 Å². The number of hydrogen-bond donors (Lipinski definition) is 2. The molecule has 0 heterocycles. The fraction of sp³-hybridized carbons (Fsp3) is 0.467. The number of carboxylic acid groups (broad SMARTS) is 1. The van der Waals surface area contributed by atoms with Gasteiger partial charge in [0.25, 0.3) is 0 Å². The van der Waals surface area contributed by atoms with E-state index in [1.807, 2.05) is 31.2 Å². The van der Waals surface area contributed by atoms with Gasteiger partial charge in [-0.3, -0.25) is 4.79 Å². The Balaban J connectivity index is 2.23. The van der Waals surface area contributed by atoms with E-state index in [0.29, 0.717) is 24.3 Å². The molecule has 1 atom stereocenters. The third kappa shape index (κ3) is 7.39. The number of benzene rings is 1. The molecule has 21 heavy (non-hydrogen) atoms. The standard InChI is InChI=1S/C15H20ClNO3S/c1-2-4-13(15(19)20)17-14(18)5-3-10-21-12-8-6-11(16)7-9-12/h6-9,13H,2-5,10H2,1H3,(H,17,18)(H,19,20)/t13-/m0/s1. The Morgan fingerprint density at radius 1 is 1.33 bits per heavy atom. The molecular formula is C15H20ClNO3S. The molecule has 0 fully saturated rings. The van der Waals surface area contributed by atoms with Crippen LogP contribution in [0.3, 0.4) is 0 Å². The van der Waals surface area contributed by atoms with Crippen molar-refractivity contribution < 1.29 is 14.7 Å². The van der Waals surface area contributed by atoms with Crippen molar-refractivity contribution in [2.45, 2.75) is 43.5 Å². The van der Waals surface area contributed by atoms with E-state index in [-0.39, 0.29) is 5.91 Å². The van der Waals surface area contributed by atoms with Gasteiger partial charge in [0.1, 0.15) is 6.04 Å². The number of amides is 1. The molecule has 0 saturated carbocycles. The number of thioether (sulfide) groups is 1. The average molecular weight is 330 g/mol. The molecule has 0 spiro atoms. The summed E-state index contributed by atoms with van der Waals surface area (Å²) in [5.74, 6) is -0.367. The van der Waals surface area contributed by atoms with Crippen molar-refractivity contribution in [1.82, 2.24) is 5.32 Å². The number of aliphatic carboxylic acids is 1. The predicted octanol–water partition coefficient (Wildman–Crippen LogP) is 3.58. The number of rotatable bonds is 9. The summed E-state index contributed by atoms with van der Waals surface area (Å²) in [6.07, 6.45) is 2.23. The van der Waals surface area contributed by atoms with Gasteiger partial charge in [-0.1, -0.05) is 24.9 Å². The zero-order valence-electron chi connectivity index (χ0n) is 12.0. The molecule has 116 valence electrons. The SMILES string of the molecule is CCC[C@H](NC(=O)CCCSc1ccc(Cl)cc1)C(=O)O. The maximum Gasteiger partial charge on any atom is 0.326 e. The highest BCUT2D eigenvalue weighted by Gasteiger charge is 2.18. The molecule has 0 aromatic heterocycles. The van der Waals surface area contributed by atoms with E-state index in [2.05, 4.69) is 5.32 Å². The van der Waals surface area contributed by atoms with E-state index in [1.54, 1.807) is 11.8 Å². The van der Waals surface area contributed by atoms with Gasteiger partial charge in [-0.05, 0) is 42.9 Å². The van der Waals surface area contributed by atoms with Crippen LogP contribution in [0.4, 0.5) is 0 Å². The molecule has 1 rings (SSSR count). The summed E-state index contributed by atoms with van der Waals surface area (Å²) >= 11 is 7.46. The highest BCUT2D eigenvalue weighted by Crippen LogP contribution is 2.21. The Kier molecular flexibility index (Phi) is 8.23. The normalized spacial score (nSPS) is 11.9. The zero-order chi connectivity index (χ0) is 15.7. The first kappa shape index (κ1) is 17.9. The number of halogens is 1. The average Bonchev–Trinajstić information content (AvgIpc) is 2.45. The molecule has 0 aliphatic heterocycles. The summed E-state index contributed by atoms with van der Waals surface area (Å²) in [4.78, 5) is 23.7. The van der Waals surface area contributed by atoms with Crippen molar-refractivity contribution in [3.05, 3.63) is 29.3 Å². The quantitative estimate of drug-likeness (QED) is 0.537. The Morgan fingerprint density at radius 3 is 2.57 bits per heavy atom. The van der Waals surface area contributed by atoms with Gasteiger partial charge < -0.3 is 10.4 Å². The van der Waals surface area contributed by atoms with Crippen molar-refractivity contribution in [3.8, 4) is 0 Å². The van der Waals surface area contributed by atoms with Crippen molar-refractivity contribution in [1.29, 1.82) is 0 Å². The second kappa shape index (κ2) is 9.68. The minimum Gasteiger partial charge on any atom is -0.480 e. The maximum atomic E-state index is 11.7. The van der Waals surface area contributed by atoms with Gasteiger partial charge in [0, 0.05) is 16.3 Å². The molecule has 0 saturated heterocycles. The number of carbonyl (C=O) groups excluding carboxylic acids is 1. The summed E-state index contributed by atoms with van der Waals surface area (Å²) in [6, 6.07) is 6.77. The van der Waals surface area contributed by atoms with E-state index in [0.717, 1.165) is 17.1 Å². The van der Waals surface area contributed by atoms with Crippen LogP contribution in [-0.4, -0.2) is 28.8 Å². The summed E-state index contributed by atoms with van der Waals surface area (Å²) in [7, 11) is 0. The van der Waals surface area contributed by atoms with Gasteiger partial charge in [-0.15, -0.1) is 11.8 Å². The Labute approximate surface area is 134 Å². The van der Waals surface area contributed by atoms with E-state index < -0.39 is 12.0 Å². The highest BCUT2D eigenvalue weighted by atomic mass is 35.5. The largest absolute Gasteiger partial charge is 0.480 e. The van der Waals surface area contributed by atoms with E-state index >= 15 is 0 Å². The summed E-state index contributed by atoms with van der Waals surface area (Å²) in [5.41, 5.74) is 0. The lowest BCUT2D eigenvalue weighted by Gasteiger charge is -2.13. The van der Waals surface area contributed by atoms with Crippen LogP contribution in [0.2, 0.25) is 5.02 Å². The van der Waals surface area contributed by atoms with Crippen molar-refractivity contribution in [2.75, 3.05) is 5.75 Å². The third-order valence-electron chi connectivity index (χ3n) is 2.84. The number of nitrogens with one attached hydrogen (secondary N) is 1. The molecule has 2 N–H and O–H groups in total. The first-order valence-corrected chi connectivity index (χ1v) is 8.29. The van der Waals surface area contributed by atoms with E-state index in [1.165, 1.54) is 0 Å². The Hall–Kier alpha value is -1.20. The molecular weight excluding hydrogens is 310 g/mol. The summed E-state index contributed by atoms with van der Waals surface area (Å²) in [6.45, 7) is 1.89. The lowest BCUT2D eigenvalue weighted by Crippen LogP contribution is -2.40. The molecule has 0 bridgehead atoms. The van der Waals surface area contributed by atoms with Crippen LogP contribution in [0.25, 0.3) is 0 Å². The Morgan fingerprint density at radius 2 is 2.00 bits per heavy atom. The van der Waals surface area contributed by atoms with Gasteiger partial charge in [0.05, 0.1) is 0 Å². The molecule has 0 radical (unpaired) electrons. The smallest absolute Gasteiger partial charge is 0.326 e. The van der Waals surface area contributed by atoms with Crippen molar-refractivity contribution >= 4 is 35.2 Å². The zero-order valence-corrected chi connectivity index (χ0v) is 13.5. The second-order valence-electron chi connectivity index (χ2n) is 4.65. The number of hydrogen-bond acceptors (Lipinski definition) is 3. The lowest BCUT2D eigenvalue weighted by molar-refractivity contribution is -0.142. The molecule has 4 nitrogen and oxygen atoms in total. The van der Waals surface area contributed by atoms with E-state index in [4.69, 9.17) is 16.7 Å². The first-order chi connectivity index (χ1) is 10.0. The van der Waals surface area contributed by atoms with Crippen LogP contribution in [-0.2, 0) is 9.59 Å². The van der Waals surface area contributed by atoms with Gasteiger partial charge in [-0.25, -0.2) is 4.79 Å². The summed E-state index contributed by atoms with van der Waals surface area (Å²) < 4.78 is 0. The third-order valence-corrected chi connectivity index (χ3v) is 4.19. The van der Waals surface area contributed by atoms with Gasteiger partial charge in [-0.2, -0.15) is 0 Å². The number of carboxylic acids is 1. The molecule has 1 aromatic carbocycles. The van der Waals surface area contributed by atoms with Crippen LogP contribution in [0.1, 0.15) is 32.6 Å². The minimum atomic E-state index is -0.972. The van der Waals surface area contributed by atoms with Crippen LogP contribution < -0.4 is 5.32 Å². The van der Waals surface area contributed by atoms with Gasteiger partial charge >= 0.3 is 5.97 Å².